The number of halogens is 1. The Bertz CT molecular complexity index is 559. The van der Waals surface area contributed by atoms with Crippen molar-refractivity contribution in [2.24, 2.45) is 5.73 Å². The van der Waals surface area contributed by atoms with Crippen LogP contribution in [0, 0.1) is 6.92 Å². The van der Waals surface area contributed by atoms with Gasteiger partial charge in [-0.3, -0.25) is 4.79 Å². The third-order valence-corrected chi connectivity index (χ3v) is 4.75. The zero-order valence-corrected chi connectivity index (χ0v) is 13.1. The second-order valence-corrected chi connectivity index (χ2v) is 6.23. The van der Waals surface area contributed by atoms with Gasteiger partial charge in [-0.1, -0.05) is 17.7 Å². The van der Waals surface area contributed by atoms with Gasteiger partial charge in [-0.25, -0.2) is 0 Å². The predicted octanol–water partition coefficient (Wildman–Crippen LogP) is 1.94. The first-order valence-corrected chi connectivity index (χ1v) is 7.80. The van der Waals surface area contributed by atoms with Gasteiger partial charge in [-0.05, 0) is 30.2 Å². The van der Waals surface area contributed by atoms with Crippen LogP contribution in [0.5, 0.6) is 0 Å². The Kier molecular flexibility index (Phi) is 4.83. The quantitative estimate of drug-likeness (QED) is 0.798. The minimum atomic E-state index is -0.407. The molecule has 1 aromatic carbocycles. The Morgan fingerprint density at radius 2 is 2.30 bits per heavy atom. The summed E-state index contributed by atoms with van der Waals surface area (Å²) in [5.41, 5.74) is 8.31. The maximum atomic E-state index is 11.9. The largest absolute Gasteiger partial charge is 0.375 e. The lowest BCUT2D eigenvalue weighted by Crippen LogP contribution is -2.30. The minimum absolute atomic E-state index is 0.0813. The molecule has 0 saturated carbocycles. The summed E-state index contributed by atoms with van der Waals surface area (Å²) >= 11 is 7.72. The van der Waals surface area contributed by atoms with Gasteiger partial charge in [-0.2, -0.15) is 0 Å². The summed E-state index contributed by atoms with van der Waals surface area (Å²) in [5, 5.41) is 6.86. The van der Waals surface area contributed by atoms with Crippen LogP contribution in [0.4, 0.5) is 0 Å². The summed E-state index contributed by atoms with van der Waals surface area (Å²) in [4.78, 5) is 11.9. The van der Waals surface area contributed by atoms with Gasteiger partial charge in [0.1, 0.15) is 5.82 Å². The van der Waals surface area contributed by atoms with E-state index < -0.39 is 5.91 Å². The second-order valence-electron chi connectivity index (χ2n) is 4.58. The summed E-state index contributed by atoms with van der Waals surface area (Å²) in [6, 6.07) is 5.73. The third kappa shape index (κ3) is 3.04. The van der Waals surface area contributed by atoms with Crippen LogP contribution in [-0.4, -0.2) is 25.3 Å². The molecule has 0 fully saturated rings. The van der Waals surface area contributed by atoms with Crippen LogP contribution in [0.2, 0.25) is 5.02 Å². The molecule has 20 heavy (non-hydrogen) atoms. The number of thioether (sulfide) groups is 1. The Labute approximate surface area is 128 Å². The average Bonchev–Trinajstić information content (AvgIpc) is 2.60. The van der Waals surface area contributed by atoms with E-state index in [1.165, 1.54) is 0 Å². The van der Waals surface area contributed by atoms with Crippen molar-refractivity contribution in [3.8, 4) is 0 Å². The summed E-state index contributed by atoms with van der Waals surface area (Å²) in [6.07, 6.45) is 0. The molecular weight excluding hydrogens is 294 g/mol. The normalized spacial score (nSPS) is 19.2. The molecule has 0 saturated heterocycles. The first kappa shape index (κ1) is 15.1. The van der Waals surface area contributed by atoms with Gasteiger partial charge in [0.2, 0.25) is 5.91 Å². The summed E-state index contributed by atoms with van der Waals surface area (Å²) < 4.78 is 0. The van der Waals surface area contributed by atoms with Crippen LogP contribution in [0.15, 0.2) is 29.6 Å². The number of amides is 1. The van der Waals surface area contributed by atoms with E-state index in [1.54, 1.807) is 18.8 Å². The maximum absolute atomic E-state index is 11.9. The fourth-order valence-corrected chi connectivity index (χ4v) is 3.84. The molecule has 0 bridgehead atoms. The standard InChI is InChI=1S/C14H18ClN3OS/c1-8-7-9(15)3-4-10(8)12-11(13(16)19)14(17-2)18-5-6-20-12/h3-4,7,12,17-18H,5-6H2,1-2H3,(H2,16,19). The molecule has 2 rings (SSSR count). The number of hydrogen-bond donors (Lipinski definition) is 3. The number of nitrogens with two attached hydrogens (primary N) is 1. The summed E-state index contributed by atoms with van der Waals surface area (Å²) in [7, 11) is 1.78. The molecule has 1 atom stereocenters. The van der Waals surface area contributed by atoms with Gasteiger partial charge in [0, 0.05) is 24.4 Å². The molecule has 1 unspecified atom stereocenters. The lowest BCUT2D eigenvalue weighted by Gasteiger charge is -2.20. The van der Waals surface area contributed by atoms with E-state index in [4.69, 9.17) is 17.3 Å². The Balaban J connectivity index is 2.53. The van der Waals surface area contributed by atoms with Crippen molar-refractivity contribution in [3.63, 3.8) is 0 Å². The van der Waals surface area contributed by atoms with E-state index in [0.717, 1.165) is 23.4 Å². The van der Waals surface area contributed by atoms with Crippen molar-refractivity contribution < 1.29 is 4.79 Å². The van der Waals surface area contributed by atoms with Crippen LogP contribution in [0.25, 0.3) is 0 Å². The van der Waals surface area contributed by atoms with Gasteiger partial charge in [0.25, 0.3) is 0 Å². The van der Waals surface area contributed by atoms with Crippen molar-refractivity contribution in [1.29, 1.82) is 0 Å². The molecule has 1 aliphatic rings. The fourth-order valence-electron chi connectivity index (χ4n) is 2.32. The number of nitrogens with one attached hydrogen (secondary N) is 2. The predicted molar refractivity (Wildman–Crippen MR) is 84.7 cm³/mol. The van der Waals surface area contributed by atoms with E-state index in [-0.39, 0.29) is 5.25 Å². The van der Waals surface area contributed by atoms with Crippen molar-refractivity contribution >= 4 is 29.3 Å². The first-order valence-electron chi connectivity index (χ1n) is 6.38. The van der Waals surface area contributed by atoms with E-state index in [9.17, 15) is 4.79 Å². The first-order chi connectivity index (χ1) is 9.54. The van der Waals surface area contributed by atoms with Crippen LogP contribution < -0.4 is 16.4 Å². The van der Waals surface area contributed by atoms with Crippen molar-refractivity contribution in [2.75, 3.05) is 19.3 Å². The topological polar surface area (TPSA) is 67.1 Å². The molecule has 0 aromatic heterocycles. The van der Waals surface area contributed by atoms with Crippen molar-refractivity contribution in [3.05, 3.63) is 45.7 Å². The number of benzene rings is 1. The average molecular weight is 312 g/mol. The third-order valence-electron chi connectivity index (χ3n) is 3.25. The van der Waals surface area contributed by atoms with Crippen molar-refractivity contribution in [2.45, 2.75) is 12.2 Å². The molecule has 4 N–H and O–H groups in total. The molecule has 4 nitrogen and oxygen atoms in total. The van der Waals surface area contributed by atoms with Crippen molar-refractivity contribution in [1.82, 2.24) is 10.6 Å². The highest BCUT2D eigenvalue weighted by molar-refractivity contribution is 7.99. The van der Waals surface area contributed by atoms with Crippen LogP contribution in [-0.2, 0) is 4.79 Å². The van der Waals surface area contributed by atoms with Gasteiger partial charge >= 0.3 is 0 Å². The van der Waals surface area contributed by atoms with Gasteiger partial charge in [-0.15, -0.1) is 11.8 Å². The molecule has 6 heteroatoms. The fraction of sp³-hybridized carbons (Fsp3) is 0.357. The van der Waals surface area contributed by atoms with E-state index in [1.807, 2.05) is 25.1 Å². The Hall–Kier alpha value is -1.33. The number of carbonyl (C=O) groups is 1. The Morgan fingerprint density at radius 1 is 1.55 bits per heavy atom. The summed E-state index contributed by atoms with van der Waals surface area (Å²) in [5.74, 6) is 1.20. The lowest BCUT2D eigenvalue weighted by atomic mass is 9.99. The van der Waals surface area contributed by atoms with E-state index >= 15 is 0 Å². The second kappa shape index (κ2) is 6.41. The maximum Gasteiger partial charge on any atom is 0.249 e. The monoisotopic (exact) mass is 311 g/mol. The molecule has 108 valence electrons. The number of hydrogen-bond acceptors (Lipinski definition) is 4. The molecule has 1 heterocycles. The molecule has 0 radical (unpaired) electrons. The molecule has 0 spiro atoms. The number of aryl methyl sites for hydroxylation is 1. The molecule has 1 amide bonds. The van der Waals surface area contributed by atoms with Crippen LogP contribution >= 0.6 is 23.4 Å². The minimum Gasteiger partial charge on any atom is -0.375 e. The highest BCUT2D eigenvalue weighted by Crippen LogP contribution is 2.39. The highest BCUT2D eigenvalue weighted by Gasteiger charge is 2.28. The number of carbonyl (C=O) groups excluding carboxylic acids is 1. The zero-order chi connectivity index (χ0) is 14.7. The Morgan fingerprint density at radius 3 is 2.90 bits per heavy atom. The smallest absolute Gasteiger partial charge is 0.249 e. The van der Waals surface area contributed by atoms with Gasteiger partial charge in [0.05, 0.1) is 10.8 Å². The molecule has 1 aliphatic heterocycles. The molecular formula is C14H18ClN3OS. The molecule has 0 aliphatic carbocycles. The van der Waals surface area contributed by atoms with E-state index in [2.05, 4.69) is 10.6 Å². The van der Waals surface area contributed by atoms with Crippen LogP contribution in [0.3, 0.4) is 0 Å². The zero-order valence-electron chi connectivity index (χ0n) is 11.5. The number of rotatable bonds is 3. The van der Waals surface area contributed by atoms with Gasteiger partial charge < -0.3 is 16.4 Å². The van der Waals surface area contributed by atoms with Gasteiger partial charge in [0.15, 0.2) is 0 Å². The SMILES string of the molecule is CNC1=C(C(N)=O)C(c2ccc(Cl)cc2C)SCCN1. The lowest BCUT2D eigenvalue weighted by molar-refractivity contribution is -0.114. The number of primary amides is 1. The molecule has 1 aromatic rings. The van der Waals surface area contributed by atoms with E-state index in [0.29, 0.717) is 16.4 Å². The summed E-state index contributed by atoms with van der Waals surface area (Å²) in [6.45, 7) is 2.79. The highest BCUT2D eigenvalue weighted by atomic mass is 35.5. The van der Waals surface area contributed by atoms with Crippen LogP contribution in [0.1, 0.15) is 16.4 Å².